The summed E-state index contributed by atoms with van der Waals surface area (Å²) in [4.78, 5) is 11.2. The molecule has 0 spiro atoms. The van der Waals surface area contributed by atoms with Crippen LogP contribution in [-0.4, -0.2) is 17.7 Å². The molecule has 0 saturated carbocycles. The molecule has 0 aliphatic rings. The number of ether oxygens (including phenoxy) is 1. The maximum Gasteiger partial charge on any atom is 0.304 e. The van der Waals surface area contributed by atoms with E-state index < -0.39 is 5.97 Å². The maximum absolute atomic E-state index is 11.2. The van der Waals surface area contributed by atoms with E-state index in [1.165, 1.54) is 0 Å². The molecule has 0 heterocycles. The van der Waals surface area contributed by atoms with E-state index in [0.717, 1.165) is 23.3 Å². The van der Waals surface area contributed by atoms with Crippen LogP contribution in [0.3, 0.4) is 0 Å². The van der Waals surface area contributed by atoms with Crippen LogP contribution >= 0.6 is 0 Å². The fourth-order valence-corrected chi connectivity index (χ4v) is 2.50. The van der Waals surface area contributed by atoms with Gasteiger partial charge in [-0.1, -0.05) is 56.3 Å². The first-order valence-electron chi connectivity index (χ1n) is 8.05. The van der Waals surface area contributed by atoms with Crippen molar-refractivity contribution in [2.75, 3.05) is 6.61 Å². The van der Waals surface area contributed by atoms with Gasteiger partial charge in [0.25, 0.3) is 0 Å². The van der Waals surface area contributed by atoms with E-state index in [2.05, 4.69) is 13.8 Å². The summed E-state index contributed by atoms with van der Waals surface area (Å²) in [5.41, 5.74) is 2.01. The normalized spacial score (nSPS) is 12.1. The summed E-state index contributed by atoms with van der Waals surface area (Å²) in [6.07, 6.45) is 1.10. The number of benzene rings is 2. The average molecular weight is 312 g/mol. The van der Waals surface area contributed by atoms with Crippen LogP contribution in [0.1, 0.15) is 43.7 Å². The smallest absolute Gasteiger partial charge is 0.304 e. The molecule has 2 aromatic carbocycles. The van der Waals surface area contributed by atoms with Gasteiger partial charge in [-0.05, 0) is 35.6 Å². The number of rotatable bonds is 8. The topological polar surface area (TPSA) is 46.5 Å². The Bertz CT molecular complexity index is 603. The van der Waals surface area contributed by atoms with Crippen LogP contribution in [-0.2, 0) is 4.79 Å². The lowest BCUT2D eigenvalue weighted by Gasteiger charge is -2.16. The fraction of sp³-hybridized carbons (Fsp3) is 0.350. The van der Waals surface area contributed by atoms with E-state index in [-0.39, 0.29) is 12.3 Å². The molecule has 0 bridgehead atoms. The lowest BCUT2D eigenvalue weighted by molar-refractivity contribution is -0.137. The van der Waals surface area contributed by atoms with Gasteiger partial charge < -0.3 is 9.84 Å². The Balaban J connectivity index is 2.11. The number of aliphatic carboxylic acids is 1. The van der Waals surface area contributed by atoms with Crippen LogP contribution in [0.15, 0.2) is 54.6 Å². The molecule has 0 aromatic heterocycles. The molecule has 2 rings (SSSR count). The van der Waals surface area contributed by atoms with Crippen molar-refractivity contribution >= 4 is 5.97 Å². The SMILES string of the molecule is CC(C)CCOc1ccc([C@@H](CC(=O)O)c2ccccc2)cc1. The lowest BCUT2D eigenvalue weighted by Crippen LogP contribution is -2.08. The third-order valence-corrected chi connectivity index (χ3v) is 3.83. The molecule has 0 fully saturated rings. The molecular formula is C20H24O3. The summed E-state index contributed by atoms with van der Waals surface area (Å²) < 4.78 is 5.72. The number of hydrogen-bond acceptors (Lipinski definition) is 2. The van der Waals surface area contributed by atoms with E-state index >= 15 is 0 Å². The molecule has 23 heavy (non-hydrogen) atoms. The van der Waals surface area contributed by atoms with Crippen LogP contribution in [0.25, 0.3) is 0 Å². The van der Waals surface area contributed by atoms with E-state index in [1.54, 1.807) is 0 Å². The largest absolute Gasteiger partial charge is 0.494 e. The quantitative estimate of drug-likeness (QED) is 0.767. The first kappa shape index (κ1) is 17.1. The minimum Gasteiger partial charge on any atom is -0.494 e. The van der Waals surface area contributed by atoms with Crippen LogP contribution in [0, 0.1) is 5.92 Å². The second-order valence-electron chi connectivity index (χ2n) is 6.16. The zero-order valence-electron chi connectivity index (χ0n) is 13.7. The summed E-state index contributed by atoms with van der Waals surface area (Å²) in [5, 5.41) is 9.20. The van der Waals surface area contributed by atoms with Crippen molar-refractivity contribution in [1.82, 2.24) is 0 Å². The highest BCUT2D eigenvalue weighted by Gasteiger charge is 2.17. The molecule has 1 atom stereocenters. The highest BCUT2D eigenvalue weighted by molar-refractivity contribution is 5.69. The summed E-state index contributed by atoms with van der Waals surface area (Å²) in [7, 11) is 0. The van der Waals surface area contributed by atoms with Gasteiger partial charge in [0, 0.05) is 5.92 Å². The molecule has 1 N–H and O–H groups in total. The second-order valence-corrected chi connectivity index (χ2v) is 6.16. The molecule has 0 aliphatic heterocycles. The summed E-state index contributed by atoms with van der Waals surface area (Å²) >= 11 is 0. The van der Waals surface area contributed by atoms with Crippen molar-refractivity contribution < 1.29 is 14.6 Å². The van der Waals surface area contributed by atoms with E-state index in [9.17, 15) is 9.90 Å². The number of carbonyl (C=O) groups is 1. The summed E-state index contributed by atoms with van der Waals surface area (Å²) in [6.45, 7) is 5.04. The Morgan fingerprint density at radius 2 is 1.61 bits per heavy atom. The Kier molecular flexibility index (Phi) is 6.21. The highest BCUT2D eigenvalue weighted by atomic mass is 16.5. The van der Waals surface area contributed by atoms with Crippen LogP contribution < -0.4 is 4.74 Å². The molecule has 0 unspecified atom stereocenters. The summed E-state index contributed by atoms with van der Waals surface area (Å²) in [6, 6.07) is 17.5. The Labute approximate surface area is 137 Å². The van der Waals surface area contributed by atoms with Crippen molar-refractivity contribution in [2.45, 2.75) is 32.6 Å². The highest BCUT2D eigenvalue weighted by Crippen LogP contribution is 2.29. The third-order valence-electron chi connectivity index (χ3n) is 3.83. The fourth-order valence-electron chi connectivity index (χ4n) is 2.50. The van der Waals surface area contributed by atoms with Crippen molar-refractivity contribution in [1.29, 1.82) is 0 Å². The minimum atomic E-state index is -0.795. The molecule has 0 aliphatic carbocycles. The van der Waals surface area contributed by atoms with Gasteiger partial charge in [-0.25, -0.2) is 0 Å². The van der Waals surface area contributed by atoms with Crippen molar-refractivity contribution in [3.8, 4) is 5.75 Å². The lowest BCUT2D eigenvalue weighted by atomic mass is 9.88. The summed E-state index contributed by atoms with van der Waals surface area (Å²) in [5.74, 6) is 0.512. The number of carboxylic acids is 1. The molecule has 3 heteroatoms. The van der Waals surface area contributed by atoms with E-state index in [1.807, 2.05) is 54.6 Å². The first-order chi connectivity index (χ1) is 11.1. The average Bonchev–Trinajstić information content (AvgIpc) is 2.54. The number of carboxylic acid groups (broad SMARTS) is 1. The number of hydrogen-bond donors (Lipinski definition) is 1. The van der Waals surface area contributed by atoms with Crippen LogP contribution in [0.4, 0.5) is 0 Å². The molecule has 0 saturated heterocycles. The standard InChI is InChI=1S/C20H24O3/c1-15(2)12-13-23-18-10-8-17(9-11-18)19(14-20(21)22)16-6-4-3-5-7-16/h3-11,15,19H,12-14H2,1-2H3,(H,21,22)/t19-/m0/s1. The predicted octanol–water partition coefficient (Wildman–Crippen LogP) is 4.72. The second kappa shape index (κ2) is 8.37. The molecule has 2 aromatic rings. The molecule has 3 nitrogen and oxygen atoms in total. The van der Waals surface area contributed by atoms with Gasteiger partial charge in [-0.3, -0.25) is 4.79 Å². The van der Waals surface area contributed by atoms with Gasteiger partial charge >= 0.3 is 5.97 Å². The van der Waals surface area contributed by atoms with Gasteiger partial charge in [-0.15, -0.1) is 0 Å². The molecular weight excluding hydrogens is 288 g/mol. The van der Waals surface area contributed by atoms with Crippen molar-refractivity contribution in [3.05, 3.63) is 65.7 Å². The minimum absolute atomic E-state index is 0.0809. The molecule has 0 radical (unpaired) electrons. The molecule has 122 valence electrons. The first-order valence-corrected chi connectivity index (χ1v) is 8.05. The third kappa shape index (κ3) is 5.44. The van der Waals surface area contributed by atoms with E-state index in [4.69, 9.17) is 4.74 Å². The van der Waals surface area contributed by atoms with Gasteiger partial charge in [0.05, 0.1) is 13.0 Å². The van der Waals surface area contributed by atoms with Gasteiger partial charge in [-0.2, -0.15) is 0 Å². The monoisotopic (exact) mass is 312 g/mol. The Morgan fingerprint density at radius 3 is 2.17 bits per heavy atom. The van der Waals surface area contributed by atoms with Gasteiger partial charge in [0.15, 0.2) is 0 Å². The zero-order chi connectivity index (χ0) is 16.7. The van der Waals surface area contributed by atoms with Crippen molar-refractivity contribution in [3.63, 3.8) is 0 Å². The maximum atomic E-state index is 11.2. The van der Waals surface area contributed by atoms with Crippen LogP contribution in [0.2, 0.25) is 0 Å². The van der Waals surface area contributed by atoms with E-state index in [0.29, 0.717) is 12.5 Å². The van der Waals surface area contributed by atoms with Crippen LogP contribution in [0.5, 0.6) is 5.75 Å². The zero-order valence-corrected chi connectivity index (χ0v) is 13.7. The van der Waals surface area contributed by atoms with Crippen molar-refractivity contribution in [2.24, 2.45) is 5.92 Å². The Hall–Kier alpha value is -2.29. The Morgan fingerprint density at radius 1 is 1.00 bits per heavy atom. The van der Waals surface area contributed by atoms with Gasteiger partial charge in [0.2, 0.25) is 0 Å². The predicted molar refractivity (Wildman–Crippen MR) is 91.9 cm³/mol. The van der Waals surface area contributed by atoms with Gasteiger partial charge in [0.1, 0.15) is 5.75 Å². The molecule has 0 amide bonds.